The minimum absolute atomic E-state index is 0.0818. The molecule has 0 bridgehead atoms. The van der Waals surface area contributed by atoms with Gasteiger partial charge in [-0.15, -0.1) is 0 Å². The van der Waals surface area contributed by atoms with Crippen molar-refractivity contribution in [3.05, 3.63) is 0 Å². The Morgan fingerprint density at radius 1 is 1.64 bits per heavy atom. The summed E-state index contributed by atoms with van der Waals surface area (Å²) >= 11 is 0. The molecule has 4 heteroatoms. The summed E-state index contributed by atoms with van der Waals surface area (Å²) in [5.74, 6) is -0.206. The van der Waals surface area contributed by atoms with Gasteiger partial charge in [0.1, 0.15) is 12.6 Å². The van der Waals surface area contributed by atoms with Gasteiger partial charge in [0.15, 0.2) is 0 Å². The van der Waals surface area contributed by atoms with Gasteiger partial charge in [-0.2, -0.15) is 0 Å². The zero-order valence-electron chi connectivity index (χ0n) is 8.86. The van der Waals surface area contributed by atoms with Crippen LogP contribution in [0.25, 0.3) is 0 Å². The van der Waals surface area contributed by atoms with Crippen molar-refractivity contribution in [2.75, 3.05) is 13.2 Å². The number of hydrogen-bond donors (Lipinski definition) is 1. The molecule has 2 atom stereocenters. The number of hydrogen-bond acceptors (Lipinski definition) is 4. The van der Waals surface area contributed by atoms with Crippen molar-refractivity contribution in [2.45, 2.75) is 38.8 Å². The van der Waals surface area contributed by atoms with Gasteiger partial charge in [0.25, 0.3) is 0 Å². The van der Waals surface area contributed by atoms with Crippen molar-refractivity contribution in [2.24, 2.45) is 11.7 Å². The first kappa shape index (κ1) is 11.5. The zero-order valence-corrected chi connectivity index (χ0v) is 8.86. The summed E-state index contributed by atoms with van der Waals surface area (Å²) in [6, 6.07) is -0.517. The third kappa shape index (κ3) is 3.27. The highest BCUT2D eigenvalue weighted by atomic mass is 16.6. The predicted molar refractivity (Wildman–Crippen MR) is 52.7 cm³/mol. The van der Waals surface area contributed by atoms with E-state index in [-0.39, 0.29) is 18.0 Å². The van der Waals surface area contributed by atoms with Gasteiger partial charge in [-0.25, -0.2) is 0 Å². The molecule has 2 N–H and O–H groups in total. The highest BCUT2D eigenvalue weighted by molar-refractivity contribution is 5.75. The average Bonchev–Trinajstić information content (AvgIpc) is 2.65. The fraction of sp³-hybridized carbons (Fsp3) is 0.900. The molecular formula is C10H19NO3. The van der Waals surface area contributed by atoms with Crippen LogP contribution in [0.5, 0.6) is 0 Å². The van der Waals surface area contributed by atoms with Gasteiger partial charge in [0, 0.05) is 6.61 Å². The van der Waals surface area contributed by atoms with E-state index in [0.717, 1.165) is 19.4 Å². The standard InChI is InChI=1S/C10H19NO3/c1-7(2)9(11)10(12)14-6-8-4-3-5-13-8/h7-9H,3-6,11H2,1-2H3/t8-,9?/m1/s1. The van der Waals surface area contributed by atoms with E-state index >= 15 is 0 Å². The molecule has 0 aromatic heterocycles. The maximum absolute atomic E-state index is 11.3. The SMILES string of the molecule is CC(C)C(N)C(=O)OC[C@H]1CCCO1. The van der Waals surface area contributed by atoms with Crippen molar-refractivity contribution in [3.8, 4) is 0 Å². The molecule has 0 amide bonds. The van der Waals surface area contributed by atoms with E-state index in [0.29, 0.717) is 6.61 Å². The Morgan fingerprint density at radius 2 is 2.36 bits per heavy atom. The Bertz CT molecular complexity index is 188. The Balaban J connectivity index is 2.19. The minimum Gasteiger partial charge on any atom is -0.462 e. The summed E-state index contributed by atoms with van der Waals surface area (Å²) in [7, 11) is 0. The van der Waals surface area contributed by atoms with Crippen molar-refractivity contribution in [3.63, 3.8) is 0 Å². The van der Waals surface area contributed by atoms with Crippen LogP contribution < -0.4 is 5.73 Å². The van der Waals surface area contributed by atoms with Gasteiger partial charge in [-0.05, 0) is 18.8 Å². The lowest BCUT2D eigenvalue weighted by atomic mass is 10.1. The molecule has 0 aliphatic carbocycles. The van der Waals surface area contributed by atoms with E-state index < -0.39 is 6.04 Å². The fourth-order valence-corrected chi connectivity index (χ4v) is 1.32. The molecule has 1 aliphatic rings. The third-order valence-electron chi connectivity index (χ3n) is 2.43. The molecule has 14 heavy (non-hydrogen) atoms. The molecule has 82 valence electrons. The lowest BCUT2D eigenvalue weighted by Crippen LogP contribution is -2.38. The second-order valence-electron chi connectivity index (χ2n) is 4.03. The topological polar surface area (TPSA) is 61.6 Å². The maximum Gasteiger partial charge on any atom is 0.323 e. The number of carbonyl (C=O) groups is 1. The molecule has 1 heterocycles. The Hall–Kier alpha value is -0.610. The van der Waals surface area contributed by atoms with E-state index in [1.54, 1.807) is 0 Å². The molecule has 1 fully saturated rings. The first-order valence-corrected chi connectivity index (χ1v) is 5.15. The van der Waals surface area contributed by atoms with Gasteiger partial charge in [0.2, 0.25) is 0 Å². The summed E-state index contributed by atoms with van der Waals surface area (Å²) in [4.78, 5) is 11.3. The van der Waals surface area contributed by atoms with Gasteiger partial charge in [-0.1, -0.05) is 13.8 Å². The largest absolute Gasteiger partial charge is 0.462 e. The van der Waals surface area contributed by atoms with Crippen LogP contribution in [0.1, 0.15) is 26.7 Å². The van der Waals surface area contributed by atoms with Crippen LogP contribution in [-0.2, 0) is 14.3 Å². The molecule has 0 aromatic carbocycles. The molecular weight excluding hydrogens is 182 g/mol. The van der Waals surface area contributed by atoms with Crippen LogP contribution in [0.3, 0.4) is 0 Å². The number of esters is 1. The summed E-state index contributed by atoms with van der Waals surface area (Å²) < 4.78 is 10.4. The maximum atomic E-state index is 11.3. The Labute approximate surface area is 84.7 Å². The molecule has 0 saturated carbocycles. The van der Waals surface area contributed by atoms with Crippen LogP contribution in [0.2, 0.25) is 0 Å². The number of nitrogens with two attached hydrogens (primary N) is 1. The zero-order chi connectivity index (χ0) is 10.6. The second-order valence-corrected chi connectivity index (χ2v) is 4.03. The number of carbonyl (C=O) groups excluding carboxylic acids is 1. The van der Waals surface area contributed by atoms with Crippen molar-refractivity contribution in [1.82, 2.24) is 0 Å². The van der Waals surface area contributed by atoms with Crippen LogP contribution in [0, 0.1) is 5.92 Å². The summed E-state index contributed by atoms with van der Waals surface area (Å²) in [5.41, 5.74) is 5.63. The molecule has 1 saturated heterocycles. The van der Waals surface area contributed by atoms with E-state index in [2.05, 4.69) is 0 Å². The van der Waals surface area contributed by atoms with E-state index in [1.807, 2.05) is 13.8 Å². The van der Waals surface area contributed by atoms with Crippen LogP contribution >= 0.6 is 0 Å². The van der Waals surface area contributed by atoms with Crippen molar-refractivity contribution < 1.29 is 14.3 Å². The molecule has 1 rings (SSSR count). The highest BCUT2D eigenvalue weighted by Crippen LogP contribution is 2.12. The predicted octanol–water partition coefficient (Wildman–Crippen LogP) is 0.692. The fourth-order valence-electron chi connectivity index (χ4n) is 1.32. The Morgan fingerprint density at radius 3 is 2.86 bits per heavy atom. The normalized spacial score (nSPS) is 23.9. The Kier molecular flexibility index (Phi) is 4.35. The third-order valence-corrected chi connectivity index (χ3v) is 2.43. The van der Waals surface area contributed by atoms with E-state index in [4.69, 9.17) is 15.2 Å². The molecule has 1 unspecified atom stereocenters. The van der Waals surface area contributed by atoms with E-state index in [9.17, 15) is 4.79 Å². The van der Waals surface area contributed by atoms with Crippen molar-refractivity contribution >= 4 is 5.97 Å². The number of ether oxygens (including phenoxy) is 2. The summed E-state index contributed by atoms with van der Waals surface area (Å²) in [6.07, 6.45) is 2.11. The van der Waals surface area contributed by atoms with Gasteiger partial charge in [0.05, 0.1) is 6.10 Å². The molecule has 1 aliphatic heterocycles. The van der Waals surface area contributed by atoms with Gasteiger partial charge >= 0.3 is 5.97 Å². The van der Waals surface area contributed by atoms with Gasteiger partial charge < -0.3 is 15.2 Å². The summed E-state index contributed by atoms with van der Waals surface area (Å²) in [6.45, 7) is 4.92. The monoisotopic (exact) mass is 201 g/mol. The first-order valence-electron chi connectivity index (χ1n) is 5.15. The van der Waals surface area contributed by atoms with Crippen molar-refractivity contribution in [1.29, 1.82) is 0 Å². The first-order chi connectivity index (χ1) is 6.61. The summed E-state index contributed by atoms with van der Waals surface area (Å²) in [5, 5.41) is 0. The molecule has 0 radical (unpaired) electrons. The van der Waals surface area contributed by atoms with Crippen LogP contribution in [0.4, 0.5) is 0 Å². The molecule has 4 nitrogen and oxygen atoms in total. The number of rotatable bonds is 4. The minimum atomic E-state index is -0.517. The van der Waals surface area contributed by atoms with Crippen LogP contribution in [0.15, 0.2) is 0 Å². The molecule has 0 aromatic rings. The second kappa shape index (κ2) is 5.32. The smallest absolute Gasteiger partial charge is 0.323 e. The quantitative estimate of drug-likeness (QED) is 0.680. The highest BCUT2D eigenvalue weighted by Gasteiger charge is 2.22. The molecule has 0 spiro atoms. The van der Waals surface area contributed by atoms with Crippen LogP contribution in [-0.4, -0.2) is 31.3 Å². The van der Waals surface area contributed by atoms with E-state index in [1.165, 1.54) is 0 Å². The lowest BCUT2D eigenvalue weighted by molar-refractivity contribution is -0.149. The van der Waals surface area contributed by atoms with Gasteiger partial charge in [-0.3, -0.25) is 4.79 Å². The lowest BCUT2D eigenvalue weighted by Gasteiger charge is -2.16. The average molecular weight is 201 g/mol.